The van der Waals surface area contributed by atoms with Gasteiger partial charge in [-0.05, 0) is 44.4 Å². The molecular weight excluding hydrogens is 344 g/mol. The van der Waals surface area contributed by atoms with Crippen LogP contribution in [0.2, 0.25) is 0 Å². The number of hydrogen-bond acceptors (Lipinski definition) is 4. The molecule has 3 aromatic rings. The smallest absolute Gasteiger partial charge is 0.306 e. The summed E-state index contributed by atoms with van der Waals surface area (Å²) in [6, 6.07) is 7.88. The van der Waals surface area contributed by atoms with Crippen molar-refractivity contribution in [3.8, 4) is 0 Å². The maximum atomic E-state index is 12.3. The zero-order chi connectivity index (χ0) is 19.6. The van der Waals surface area contributed by atoms with Crippen LogP contribution in [-0.2, 0) is 16.0 Å². The summed E-state index contributed by atoms with van der Waals surface area (Å²) in [5, 5.41) is 1.08. The molecule has 0 amide bonds. The third-order valence-electron chi connectivity index (χ3n) is 4.71. The van der Waals surface area contributed by atoms with E-state index in [0.717, 1.165) is 16.5 Å². The second-order valence-electron chi connectivity index (χ2n) is 6.62. The van der Waals surface area contributed by atoms with Gasteiger partial charge in [0.2, 0.25) is 5.78 Å². The highest BCUT2D eigenvalue weighted by atomic mass is 16.5. The average molecular weight is 366 g/mol. The van der Waals surface area contributed by atoms with E-state index in [-0.39, 0.29) is 24.6 Å². The zero-order valence-corrected chi connectivity index (χ0v) is 15.6. The Morgan fingerprint density at radius 3 is 2.56 bits per heavy atom. The van der Waals surface area contributed by atoms with Gasteiger partial charge in [0.15, 0.2) is 12.4 Å². The molecule has 0 fully saturated rings. The van der Waals surface area contributed by atoms with Crippen LogP contribution in [0.25, 0.3) is 10.9 Å². The normalized spacial score (nSPS) is 10.9. The summed E-state index contributed by atoms with van der Waals surface area (Å²) >= 11 is 0. The Morgan fingerprint density at radius 1 is 1.11 bits per heavy atom. The molecule has 6 heteroatoms. The van der Waals surface area contributed by atoms with Crippen molar-refractivity contribution in [2.75, 3.05) is 6.61 Å². The number of rotatable bonds is 7. The zero-order valence-electron chi connectivity index (χ0n) is 15.6. The molecule has 27 heavy (non-hydrogen) atoms. The number of carbonyl (C=O) groups is 3. The molecule has 2 N–H and O–H groups in total. The molecule has 2 aromatic heterocycles. The molecule has 0 aliphatic rings. The van der Waals surface area contributed by atoms with E-state index in [9.17, 15) is 14.4 Å². The van der Waals surface area contributed by atoms with Crippen molar-refractivity contribution in [2.24, 2.45) is 0 Å². The van der Waals surface area contributed by atoms with Crippen LogP contribution >= 0.6 is 0 Å². The van der Waals surface area contributed by atoms with Gasteiger partial charge in [-0.3, -0.25) is 14.4 Å². The van der Waals surface area contributed by atoms with Crippen molar-refractivity contribution >= 4 is 28.4 Å². The molecule has 0 saturated heterocycles. The number of aromatic amines is 2. The van der Waals surface area contributed by atoms with Crippen LogP contribution in [0.1, 0.15) is 51.0 Å². The highest BCUT2D eigenvalue weighted by Gasteiger charge is 2.20. The molecule has 0 aliphatic heterocycles. The first-order chi connectivity index (χ1) is 12.9. The maximum Gasteiger partial charge on any atom is 0.306 e. The van der Waals surface area contributed by atoms with Gasteiger partial charge in [-0.15, -0.1) is 0 Å². The van der Waals surface area contributed by atoms with Gasteiger partial charge in [-0.2, -0.15) is 0 Å². The van der Waals surface area contributed by atoms with E-state index < -0.39 is 5.97 Å². The van der Waals surface area contributed by atoms with E-state index in [2.05, 4.69) is 9.97 Å². The fourth-order valence-electron chi connectivity index (χ4n) is 3.42. The van der Waals surface area contributed by atoms with Gasteiger partial charge < -0.3 is 14.7 Å². The van der Waals surface area contributed by atoms with Crippen molar-refractivity contribution in [1.82, 2.24) is 9.97 Å². The molecular formula is C21H22N2O4. The topological polar surface area (TPSA) is 92.0 Å². The summed E-state index contributed by atoms with van der Waals surface area (Å²) in [5.41, 5.74) is 4.14. The molecule has 0 saturated carbocycles. The Labute approximate surface area is 156 Å². The Kier molecular flexibility index (Phi) is 5.26. The fourth-order valence-corrected chi connectivity index (χ4v) is 3.42. The first-order valence-electron chi connectivity index (χ1n) is 8.82. The summed E-state index contributed by atoms with van der Waals surface area (Å²) in [6.45, 7) is 4.58. The standard InChI is InChI=1S/C21H22N2O4/c1-12-20(14(3)24)13(2)23-21(12)18(25)11-27-19(26)9-8-15-10-22-17-7-5-4-6-16(15)17/h4-7,10,22-23H,8-9,11H2,1-3H3. The number of H-pyrrole nitrogens is 2. The third-order valence-corrected chi connectivity index (χ3v) is 4.71. The number of fused-ring (bicyclic) bond motifs is 1. The second kappa shape index (κ2) is 7.61. The lowest BCUT2D eigenvalue weighted by molar-refractivity contribution is -0.142. The van der Waals surface area contributed by atoms with E-state index in [1.807, 2.05) is 30.5 Å². The van der Waals surface area contributed by atoms with E-state index in [0.29, 0.717) is 28.9 Å². The number of carbonyl (C=O) groups excluding carboxylic acids is 3. The Bertz CT molecular complexity index is 1030. The Morgan fingerprint density at radius 2 is 1.85 bits per heavy atom. The monoisotopic (exact) mass is 366 g/mol. The number of ether oxygens (including phenoxy) is 1. The molecule has 0 aliphatic carbocycles. The highest BCUT2D eigenvalue weighted by Crippen LogP contribution is 2.20. The SMILES string of the molecule is CC(=O)c1c(C)[nH]c(C(=O)COC(=O)CCc2c[nH]c3ccccc23)c1C. The summed E-state index contributed by atoms with van der Waals surface area (Å²) in [6.07, 6.45) is 2.61. The molecule has 0 atom stereocenters. The van der Waals surface area contributed by atoms with Crippen LogP contribution in [0.15, 0.2) is 30.5 Å². The third kappa shape index (κ3) is 3.84. The van der Waals surface area contributed by atoms with Crippen LogP contribution < -0.4 is 0 Å². The number of aryl methyl sites for hydroxylation is 2. The maximum absolute atomic E-state index is 12.3. The van der Waals surface area contributed by atoms with Gasteiger partial charge in [0, 0.05) is 34.8 Å². The number of esters is 1. The number of hydrogen-bond donors (Lipinski definition) is 2. The van der Waals surface area contributed by atoms with E-state index in [1.54, 1.807) is 13.8 Å². The minimum atomic E-state index is -0.429. The van der Waals surface area contributed by atoms with Crippen LogP contribution in [0.5, 0.6) is 0 Å². The number of nitrogens with one attached hydrogen (secondary N) is 2. The van der Waals surface area contributed by atoms with Crippen LogP contribution in [0.3, 0.4) is 0 Å². The molecule has 0 unspecified atom stereocenters. The van der Waals surface area contributed by atoms with E-state index in [1.165, 1.54) is 6.92 Å². The fraction of sp³-hybridized carbons (Fsp3) is 0.286. The van der Waals surface area contributed by atoms with Gasteiger partial charge in [0.05, 0.1) is 5.69 Å². The highest BCUT2D eigenvalue weighted by molar-refractivity contribution is 6.04. The quantitative estimate of drug-likeness (QED) is 0.493. The molecule has 3 rings (SSSR count). The first-order valence-corrected chi connectivity index (χ1v) is 8.82. The van der Waals surface area contributed by atoms with Gasteiger partial charge in [0.1, 0.15) is 0 Å². The lowest BCUT2D eigenvalue weighted by atomic mass is 10.1. The lowest BCUT2D eigenvalue weighted by Crippen LogP contribution is -2.15. The Hall–Kier alpha value is -3.15. The van der Waals surface area contributed by atoms with Crippen LogP contribution in [-0.4, -0.2) is 34.1 Å². The van der Waals surface area contributed by atoms with Crippen LogP contribution in [0, 0.1) is 13.8 Å². The first kappa shape index (κ1) is 18.6. The molecule has 140 valence electrons. The molecule has 0 radical (unpaired) electrons. The number of ketones is 2. The van der Waals surface area contributed by atoms with E-state index >= 15 is 0 Å². The minimum absolute atomic E-state index is 0.101. The van der Waals surface area contributed by atoms with Gasteiger partial charge in [-0.25, -0.2) is 0 Å². The van der Waals surface area contributed by atoms with Crippen molar-refractivity contribution in [3.63, 3.8) is 0 Å². The van der Waals surface area contributed by atoms with Crippen LogP contribution in [0.4, 0.5) is 0 Å². The minimum Gasteiger partial charge on any atom is -0.457 e. The van der Waals surface area contributed by atoms with Gasteiger partial charge in [-0.1, -0.05) is 18.2 Å². The number of para-hydroxylation sites is 1. The summed E-state index contributed by atoms with van der Waals surface area (Å²) in [5.74, 6) is -0.874. The largest absolute Gasteiger partial charge is 0.457 e. The molecule has 2 heterocycles. The summed E-state index contributed by atoms with van der Waals surface area (Å²) < 4.78 is 5.13. The molecule has 6 nitrogen and oxygen atoms in total. The Balaban J connectivity index is 1.57. The van der Waals surface area contributed by atoms with E-state index in [4.69, 9.17) is 4.74 Å². The summed E-state index contributed by atoms with van der Waals surface area (Å²) in [7, 11) is 0. The van der Waals surface area contributed by atoms with Gasteiger partial charge in [0.25, 0.3) is 0 Å². The molecule has 0 bridgehead atoms. The van der Waals surface area contributed by atoms with Crippen molar-refractivity contribution in [2.45, 2.75) is 33.6 Å². The van der Waals surface area contributed by atoms with Crippen molar-refractivity contribution < 1.29 is 19.1 Å². The molecule has 1 aromatic carbocycles. The number of aromatic nitrogens is 2. The predicted octanol–water partition coefficient (Wildman–Crippen LogP) is 3.67. The number of Topliss-reactive ketones (excluding diaryl/α,β-unsaturated/α-hetero) is 2. The van der Waals surface area contributed by atoms with Crippen molar-refractivity contribution in [1.29, 1.82) is 0 Å². The van der Waals surface area contributed by atoms with Gasteiger partial charge >= 0.3 is 5.97 Å². The lowest BCUT2D eigenvalue weighted by Gasteiger charge is -2.04. The summed E-state index contributed by atoms with van der Waals surface area (Å²) in [4.78, 5) is 42.1. The van der Waals surface area contributed by atoms with Crippen molar-refractivity contribution in [3.05, 3.63) is 58.5 Å². The number of benzene rings is 1. The molecule has 0 spiro atoms. The average Bonchev–Trinajstić information content (AvgIpc) is 3.18. The second-order valence-corrected chi connectivity index (χ2v) is 6.62. The predicted molar refractivity (Wildman–Crippen MR) is 102 cm³/mol.